The van der Waals surface area contributed by atoms with E-state index in [0.29, 0.717) is 21.9 Å². The second-order valence-corrected chi connectivity index (χ2v) is 9.05. The van der Waals surface area contributed by atoms with Gasteiger partial charge in [-0.2, -0.15) is 0 Å². The number of hydrogen-bond donors (Lipinski definition) is 0. The van der Waals surface area contributed by atoms with E-state index in [1.807, 2.05) is 43.6 Å². The smallest absolute Gasteiger partial charge is 0.263 e. The minimum atomic E-state index is -0.0917. The number of unbranched alkanes of at least 4 members (excludes halogenated alkanes) is 1. The molecule has 7 heteroatoms. The van der Waals surface area contributed by atoms with Crippen LogP contribution in [0.4, 0.5) is 0 Å². The fraction of sp³-hybridized carbons (Fsp3) is 0.348. The number of aryl methyl sites for hydroxylation is 1. The van der Waals surface area contributed by atoms with Crippen LogP contribution < -0.4 is 5.56 Å². The quantitative estimate of drug-likeness (QED) is 0.267. The van der Waals surface area contributed by atoms with Crippen LogP contribution in [0, 0.1) is 6.92 Å². The zero-order valence-electron chi connectivity index (χ0n) is 17.7. The van der Waals surface area contributed by atoms with Gasteiger partial charge in [-0.1, -0.05) is 61.0 Å². The van der Waals surface area contributed by atoms with Gasteiger partial charge in [0.15, 0.2) is 5.16 Å². The second-order valence-electron chi connectivity index (χ2n) is 7.25. The normalized spacial score (nSPS) is 11.0. The van der Waals surface area contributed by atoms with Crippen LogP contribution in [0.25, 0.3) is 21.3 Å². The topological polar surface area (TPSA) is 55.2 Å². The molecule has 0 atom stereocenters. The number of amides is 1. The number of nitrogens with zero attached hydrogens (tertiary/aromatic N) is 3. The number of hydrogen-bond acceptors (Lipinski definition) is 5. The summed E-state index contributed by atoms with van der Waals surface area (Å²) in [5, 5.41) is 3.17. The van der Waals surface area contributed by atoms with E-state index in [1.165, 1.54) is 28.7 Å². The van der Waals surface area contributed by atoms with Crippen molar-refractivity contribution in [2.75, 3.05) is 19.3 Å². The van der Waals surface area contributed by atoms with Gasteiger partial charge in [0.2, 0.25) is 5.91 Å². The first-order valence-electron chi connectivity index (χ1n) is 10.0. The molecule has 0 N–H and O–H groups in total. The molecule has 2 heterocycles. The Labute approximate surface area is 185 Å². The van der Waals surface area contributed by atoms with Gasteiger partial charge in [0.25, 0.3) is 5.56 Å². The fourth-order valence-corrected chi connectivity index (χ4v) is 5.05. The monoisotopic (exact) mass is 441 g/mol. The summed E-state index contributed by atoms with van der Waals surface area (Å²) in [4.78, 5) is 33.0. The Kier molecular flexibility index (Phi) is 7.50. The molecule has 30 heavy (non-hydrogen) atoms. The number of aromatic nitrogens is 2. The fourth-order valence-electron chi connectivity index (χ4n) is 3.11. The van der Waals surface area contributed by atoms with Crippen molar-refractivity contribution < 1.29 is 4.79 Å². The second kappa shape index (κ2) is 10.1. The van der Waals surface area contributed by atoms with Gasteiger partial charge in [0.1, 0.15) is 4.83 Å². The minimum absolute atomic E-state index is 0.0412. The van der Waals surface area contributed by atoms with Crippen molar-refractivity contribution in [3.8, 4) is 11.1 Å². The molecule has 0 aliphatic heterocycles. The molecule has 1 amide bonds. The molecule has 0 saturated carbocycles. The average molecular weight is 442 g/mol. The molecule has 0 bridgehead atoms. The van der Waals surface area contributed by atoms with Crippen molar-refractivity contribution >= 4 is 39.2 Å². The van der Waals surface area contributed by atoms with E-state index in [-0.39, 0.29) is 17.2 Å². The Morgan fingerprint density at radius 2 is 2.07 bits per heavy atom. The third-order valence-corrected chi connectivity index (χ3v) is 6.76. The lowest BCUT2D eigenvalue weighted by Gasteiger charge is -2.17. The standard InChI is InChI=1S/C23H27N3O2S2/c1-5-7-13-25(4)19(27)15-30-23-24-21-20(22(28)26(23)12-6-2)18(14-29-21)17-10-8-16(3)9-11-17/h6,8-11,14H,2,5,7,12-13,15H2,1,3-4H3. The summed E-state index contributed by atoms with van der Waals surface area (Å²) in [6.45, 7) is 9.02. The van der Waals surface area contributed by atoms with Gasteiger partial charge < -0.3 is 4.90 Å². The Bertz CT molecular complexity index is 1100. The van der Waals surface area contributed by atoms with E-state index >= 15 is 0 Å². The first kappa shape index (κ1) is 22.3. The summed E-state index contributed by atoms with van der Waals surface area (Å²) in [5.41, 5.74) is 2.99. The molecule has 0 fully saturated rings. The lowest BCUT2D eigenvalue weighted by Crippen LogP contribution is -2.30. The zero-order valence-corrected chi connectivity index (χ0v) is 19.3. The Balaban J connectivity index is 1.95. The van der Waals surface area contributed by atoms with Gasteiger partial charge in [-0.25, -0.2) is 4.98 Å². The lowest BCUT2D eigenvalue weighted by molar-refractivity contribution is -0.127. The van der Waals surface area contributed by atoms with Crippen LogP contribution in [0.2, 0.25) is 0 Å². The van der Waals surface area contributed by atoms with Crippen LogP contribution in [0.5, 0.6) is 0 Å². The molecule has 1 aromatic carbocycles. The summed E-state index contributed by atoms with van der Waals surface area (Å²) in [6, 6.07) is 8.14. The van der Waals surface area contributed by atoms with E-state index < -0.39 is 0 Å². The summed E-state index contributed by atoms with van der Waals surface area (Å²) < 4.78 is 1.61. The van der Waals surface area contributed by atoms with Crippen molar-refractivity contribution in [2.24, 2.45) is 0 Å². The van der Waals surface area contributed by atoms with Crippen LogP contribution in [0.1, 0.15) is 25.3 Å². The van der Waals surface area contributed by atoms with Gasteiger partial charge in [0.05, 0.1) is 11.1 Å². The van der Waals surface area contributed by atoms with Crippen molar-refractivity contribution in [1.29, 1.82) is 0 Å². The molecule has 0 spiro atoms. The minimum Gasteiger partial charge on any atom is -0.345 e. The van der Waals surface area contributed by atoms with E-state index in [0.717, 1.165) is 30.5 Å². The number of carbonyl (C=O) groups is 1. The zero-order chi connectivity index (χ0) is 21.7. The number of rotatable bonds is 9. The Morgan fingerprint density at radius 3 is 2.73 bits per heavy atom. The van der Waals surface area contributed by atoms with Crippen LogP contribution in [0.15, 0.2) is 52.3 Å². The van der Waals surface area contributed by atoms with Crippen LogP contribution in [-0.4, -0.2) is 39.7 Å². The molecule has 2 aromatic heterocycles. The molecule has 0 radical (unpaired) electrons. The third-order valence-electron chi connectivity index (χ3n) is 4.93. The number of carbonyl (C=O) groups excluding carboxylic acids is 1. The van der Waals surface area contributed by atoms with Crippen molar-refractivity contribution in [1.82, 2.24) is 14.5 Å². The molecule has 3 aromatic rings. The van der Waals surface area contributed by atoms with Crippen LogP contribution >= 0.6 is 23.1 Å². The predicted molar refractivity (Wildman–Crippen MR) is 128 cm³/mol. The van der Waals surface area contributed by atoms with Gasteiger partial charge in [-0.05, 0) is 18.9 Å². The summed E-state index contributed by atoms with van der Waals surface area (Å²) in [7, 11) is 1.82. The molecule has 5 nitrogen and oxygen atoms in total. The van der Waals surface area contributed by atoms with Crippen molar-refractivity contribution in [3.05, 3.63) is 58.2 Å². The SMILES string of the molecule is C=CCn1c(SCC(=O)N(C)CCCC)nc2scc(-c3ccc(C)cc3)c2c1=O. The van der Waals surface area contributed by atoms with Gasteiger partial charge in [0, 0.05) is 31.1 Å². The van der Waals surface area contributed by atoms with Gasteiger partial charge >= 0.3 is 0 Å². The molecular formula is C23H27N3O2S2. The molecule has 158 valence electrons. The average Bonchev–Trinajstić information content (AvgIpc) is 3.17. The summed E-state index contributed by atoms with van der Waals surface area (Å²) in [5.74, 6) is 0.297. The number of benzene rings is 1. The largest absolute Gasteiger partial charge is 0.345 e. The highest BCUT2D eigenvalue weighted by Crippen LogP contribution is 2.32. The maximum atomic E-state index is 13.4. The Hall–Kier alpha value is -2.38. The molecule has 0 saturated heterocycles. The first-order valence-corrected chi connectivity index (χ1v) is 11.9. The van der Waals surface area contributed by atoms with Gasteiger partial charge in [-0.3, -0.25) is 14.2 Å². The summed E-state index contributed by atoms with van der Waals surface area (Å²) in [6.07, 6.45) is 3.71. The third kappa shape index (κ3) is 4.84. The van der Waals surface area contributed by atoms with Gasteiger partial charge in [-0.15, -0.1) is 17.9 Å². The first-order chi connectivity index (χ1) is 14.5. The Morgan fingerprint density at radius 1 is 1.33 bits per heavy atom. The maximum absolute atomic E-state index is 13.4. The highest BCUT2D eigenvalue weighted by molar-refractivity contribution is 7.99. The number of fused-ring (bicyclic) bond motifs is 1. The number of thioether (sulfide) groups is 1. The highest BCUT2D eigenvalue weighted by atomic mass is 32.2. The maximum Gasteiger partial charge on any atom is 0.263 e. The lowest BCUT2D eigenvalue weighted by atomic mass is 10.1. The molecule has 0 aliphatic carbocycles. The molecule has 0 unspecified atom stereocenters. The van der Waals surface area contributed by atoms with E-state index in [4.69, 9.17) is 4.98 Å². The van der Waals surface area contributed by atoms with Crippen LogP contribution in [-0.2, 0) is 11.3 Å². The summed E-state index contributed by atoms with van der Waals surface area (Å²) >= 11 is 2.77. The van der Waals surface area contributed by atoms with E-state index in [2.05, 4.69) is 13.5 Å². The van der Waals surface area contributed by atoms with Crippen molar-refractivity contribution in [2.45, 2.75) is 38.4 Å². The molecule has 3 rings (SSSR count). The van der Waals surface area contributed by atoms with E-state index in [1.54, 1.807) is 15.5 Å². The van der Waals surface area contributed by atoms with Crippen LogP contribution in [0.3, 0.4) is 0 Å². The van der Waals surface area contributed by atoms with E-state index in [9.17, 15) is 9.59 Å². The highest BCUT2D eigenvalue weighted by Gasteiger charge is 2.18. The molecule has 0 aliphatic rings. The van der Waals surface area contributed by atoms with Crippen molar-refractivity contribution in [3.63, 3.8) is 0 Å². The number of allylic oxidation sites excluding steroid dienone is 1. The predicted octanol–water partition coefficient (Wildman–Crippen LogP) is 4.97. The molecular weight excluding hydrogens is 414 g/mol. The number of thiophene rings is 1.